The summed E-state index contributed by atoms with van der Waals surface area (Å²) < 4.78 is 29.6. The van der Waals surface area contributed by atoms with Gasteiger partial charge in [0.05, 0.1) is 6.04 Å². The van der Waals surface area contributed by atoms with Crippen LogP contribution in [0.4, 0.5) is 8.78 Å². The van der Waals surface area contributed by atoms with Gasteiger partial charge in [-0.25, -0.2) is 8.78 Å². The Morgan fingerprint density at radius 3 is 2.29 bits per heavy atom. The summed E-state index contributed by atoms with van der Waals surface area (Å²) in [5.74, 6) is -0.596. The highest BCUT2D eigenvalue weighted by Gasteiger charge is 2.42. The Bertz CT molecular complexity index is 1090. The number of phenols is 1. The highest BCUT2D eigenvalue weighted by Crippen LogP contribution is 2.42. The molecule has 2 aliphatic heterocycles. The van der Waals surface area contributed by atoms with Crippen molar-refractivity contribution < 1.29 is 18.7 Å². The quantitative estimate of drug-likeness (QED) is 0.461. The zero-order chi connectivity index (χ0) is 27.0. The molecule has 1 unspecified atom stereocenters. The van der Waals surface area contributed by atoms with Gasteiger partial charge in [-0.2, -0.15) is 0 Å². The number of hydrogen-bond donors (Lipinski definition) is 2. The summed E-state index contributed by atoms with van der Waals surface area (Å²) in [5.41, 5.74) is 0.932. The van der Waals surface area contributed by atoms with Crippen molar-refractivity contribution in [2.24, 2.45) is 5.92 Å². The molecule has 3 heterocycles. The SMILES string of the molecule is Cc1nnc(C(C)C)n1C1C[C@H]2CC[C@@H](C1)N2CC[C@H](NC(=O)C1CCC(F)(F)CC1)c1ccc(O)cc1. The van der Waals surface area contributed by atoms with Crippen LogP contribution in [0.15, 0.2) is 24.3 Å². The van der Waals surface area contributed by atoms with E-state index in [0.717, 1.165) is 43.0 Å². The van der Waals surface area contributed by atoms with Crippen LogP contribution >= 0.6 is 0 Å². The maximum Gasteiger partial charge on any atom is 0.248 e. The first-order valence-electron chi connectivity index (χ1n) is 14.3. The number of fused-ring (bicyclic) bond motifs is 2. The molecule has 1 amide bonds. The van der Waals surface area contributed by atoms with E-state index >= 15 is 0 Å². The van der Waals surface area contributed by atoms with E-state index in [1.165, 1.54) is 12.8 Å². The molecule has 3 fully saturated rings. The van der Waals surface area contributed by atoms with Crippen molar-refractivity contribution in [1.82, 2.24) is 25.0 Å². The molecule has 3 aliphatic rings. The van der Waals surface area contributed by atoms with Crippen LogP contribution in [0.25, 0.3) is 0 Å². The number of phenolic OH excluding ortho intramolecular Hbond substituents is 1. The van der Waals surface area contributed by atoms with Crippen LogP contribution in [0.2, 0.25) is 0 Å². The number of aromatic hydroxyl groups is 1. The number of amides is 1. The summed E-state index contributed by atoms with van der Waals surface area (Å²) >= 11 is 0. The molecule has 2 aromatic rings. The first-order valence-corrected chi connectivity index (χ1v) is 14.3. The fourth-order valence-corrected chi connectivity index (χ4v) is 6.95. The van der Waals surface area contributed by atoms with Crippen LogP contribution in [0.1, 0.15) is 107 Å². The summed E-state index contributed by atoms with van der Waals surface area (Å²) in [7, 11) is 0. The topological polar surface area (TPSA) is 83.3 Å². The maximum atomic E-state index is 13.6. The largest absolute Gasteiger partial charge is 0.508 e. The lowest BCUT2D eigenvalue weighted by Crippen LogP contribution is -2.45. The molecular formula is C29H41F2N5O2. The monoisotopic (exact) mass is 529 g/mol. The molecule has 1 aliphatic carbocycles. The summed E-state index contributed by atoms with van der Waals surface area (Å²) in [6.07, 6.45) is 5.22. The maximum absolute atomic E-state index is 13.6. The minimum absolute atomic E-state index is 0.135. The minimum Gasteiger partial charge on any atom is -0.508 e. The molecule has 1 saturated carbocycles. The van der Waals surface area contributed by atoms with E-state index in [0.29, 0.717) is 24.0 Å². The Balaban J connectivity index is 1.25. The second kappa shape index (κ2) is 10.9. The third-order valence-electron chi connectivity index (χ3n) is 9.01. The lowest BCUT2D eigenvalue weighted by molar-refractivity contribution is -0.130. The molecule has 9 heteroatoms. The van der Waals surface area contributed by atoms with Gasteiger partial charge in [0.2, 0.25) is 11.8 Å². The van der Waals surface area contributed by atoms with Gasteiger partial charge >= 0.3 is 0 Å². The second-order valence-corrected chi connectivity index (χ2v) is 11.9. The average molecular weight is 530 g/mol. The predicted octanol–water partition coefficient (Wildman–Crippen LogP) is 5.66. The van der Waals surface area contributed by atoms with E-state index in [1.54, 1.807) is 12.1 Å². The van der Waals surface area contributed by atoms with Crippen LogP contribution in [-0.4, -0.2) is 55.2 Å². The number of halogens is 2. The molecule has 4 atom stereocenters. The standard InChI is InChI=1S/C29H41F2N5O2/c1-18(2)27-34-33-19(3)36(27)24-16-22-6-7-23(17-24)35(22)15-12-26(20-4-8-25(37)9-5-20)32-28(38)21-10-13-29(30,31)14-11-21/h4-5,8-9,18,21-24,26,37H,6-7,10-17H2,1-3H3,(H,32,38)/t22-,23+,24?,26-/m0/s1. The highest BCUT2D eigenvalue weighted by atomic mass is 19.3. The number of hydrogen-bond acceptors (Lipinski definition) is 5. The number of carbonyl (C=O) groups is 1. The van der Waals surface area contributed by atoms with Crippen LogP contribution in [-0.2, 0) is 4.79 Å². The lowest BCUT2D eigenvalue weighted by atomic mass is 9.86. The highest BCUT2D eigenvalue weighted by molar-refractivity contribution is 5.79. The third-order valence-corrected chi connectivity index (χ3v) is 9.01. The van der Waals surface area contributed by atoms with E-state index in [-0.39, 0.29) is 49.3 Å². The Hall–Kier alpha value is -2.55. The van der Waals surface area contributed by atoms with Gasteiger partial charge in [0, 0.05) is 49.3 Å². The molecule has 1 aromatic heterocycles. The van der Waals surface area contributed by atoms with E-state index in [9.17, 15) is 18.7 Å². The van der Waals surface area contributed by atoms with Crippen molar-refractivity contribution in [2.45, 2.75) is 115 Å². The average Bonchev–Trinajstić information content (AvgIpc) is 3.37. The minimum atomic E-state index is -2.65. The summed E-state index contributed by atoms with van der Waals surface area (Å²) in [4.78, 5) is 15.7. The van der Waals surface area contributed by atoms with Crippen LogP contribution in [0, 0.1) is 12.8 Å². The zero-order valence-corrected chi connectivity index (χ0v) is 22.7. The van der Waals surface area contributed by atoms with Crippen molar-refractivity contribution >= 4 is 5.91 Å². The van der Waals surface area contributed by atoms with Crippen molar-refractivity contribution in [3.05, 3.63) is 41.5 Å². The Labute approximate surface area is 224 Å². The lowest BCUT2D eigenvalue weighted by Gasteiger charge is -2.40. The van der Waals surface area contributed by atoms with Gasteiger partial charge in [0.15, 0.2) is 0 Å². The molecule has 0 radical (unpaired) electrons. The summed E-state index contributed by atoms with van der Waals surface area (Å²) in [6, 6.07) is 8.12. The van der Waals surface area contributed by atoms with Crippen molar-refractivity contribution in [1.29, 1.82) is 0 Å². The van der Waals surface area contributed by atoms with E-state index < -0.39 is 5.92 Å². The number of nitrogens with one attached hydrogen (secondary N) is 1. The number of aryl methyl sites for hydroxylation is 1. The van der Waals surface area contributed by atoms with E-state index in [2.05, 4.69) is 38.8 Å². The van der Waals surface area contributed by atoms with Gasteiger partial charge in [-0.1, -0.05) is 26.0 Å². The van der Waals surface area contributed by atoms with Crippen molar-refractivity contribution in [3.63, 3.8) is 0 Å². The summed E-state index contributed by atoms with van der Waals surface area (Å²) in [6.45, 7) is 7.24. The van der Waals surface area contributed by atoms with Crippen molar-refractivity contribution in [3.8, 4) is 5.75 Å². The number of nitrogens with zero attached hydrogens (tertiary/aromatic N) is 4. The Morgan fingerprint density at radius 1 is 1.05 bits per heavy atom. The molecule has 2 N–H and O–H groups in total. The Morgan fingerprint density at radius 2 is 1.68 bits per heavy atom. The van der Waals surface area contributed by atoms with Gasteiger partial charge in [-0.15, -0.1) is 10.2 Å². The van der Waals surface area contributed by atoms with E-state index in [1.807, 2.05) is 19.1 Å². The van der Waals surface area contributed by atoms with Gasteiger partial charge in [0.1, 0.15) is 17.4 Å². The van der Waals surface area contributed by atoms with Crippen LogP contribution in [0.3, 0.4) is 0 Å². The first-order chi connectivity index (χ1) is 18.1. The molecular weight excluding hydrogens is 488 g/mol. The number of aromatic nitrogens is 3. The number of carbonyl (C=O) groups excluding carboxylic acids is 1. The normalized spacial score (nSPS) is 26.5. The number of piperidine rings is 1. The Kier molecular flexibility index (Phi) is 7.76. The van der Waals surface area contributed by atoms with Gasteiger partial charge in [-0.3, -0.25) is 9.69 Å². The number of benzene rings is 1. The molecule has 2 saturated heterocycles. The first kappa shape index (κ1) is 27.0. The number of rotatable bonds is 8. The smallest absolute Gasteiger partial charge is 0.248 e. The molecule has 5 rings (SSSR count). The fraction of sp³-hybridized carbons (Fsp3) is 0.690. The third kappa shape index (κ3) is 5.72. The molecule has 208 valence electrons. The van der Waals surface area contributed by atoms with Gasteiger partial charge < -0.3 is 15.0 Å². The van der Waals surface area contributed by atoms with Crippen LogP contribution < -0.4 is 5.32 Å². The molecule has 0 spiro atoms. The molecule has 7 nitrogen and oxygen atoms in total. The molecule has 38 heavy (non-hydrogen) atoms. The molecule has 1 aromatic carbocycles. The van der Waals surface area contributed by atoms with Crippen LogP contribution in [0.5, 0.6) is 5.75 Å². The van der Waals surface area contributed by atoms with Crippen molar-refractivity contribution in [2.75, 3.05) is 6.54 Å². The second-order valence-electron chi connectivity index (χ2n) is 11.9. The zero-order valence-electron chi connectivity index (χ0n) is 22.7. The summed E-state index contributed by atoms with van der Waals surface area (Å²) in [5, 5.41) is 21.8. The number of alkyl halides is 2. The fourth-order valence-electron chi connectivity index (χ4n) is 6.95. The predicted molar refractivity (Wildman–Crippen MR) is 141 cm³/mol. The van der Waals surface area contributed by atoms with Gasteiger partial charge in [-0.05, 0) is 69.6 Å². The van der Waals surface area contributed by atoms with E-state index in [4.69, 9.17) is 0 Å². The van der Waals surface area contributed by atoms with Gasteiger partial charge in [0.25, 0.3) is 0 Å². The molecule has 2 bridgehead atoms.